The summed E-state index contributed by atoms with van der Waals surface area (Å²) < 4.78 is 3.79. The van der Waals surface area contributed by atoms with Crippen molar-refractivity contribution in [3.8, 4) is 0 Å². The van der Waals surface area contributed by atoms with E-state index in [-0.39, 0.29) is 6.04 Å². The number of halogens is 2. The molecule has 4 nitrogen and oxygen atoms in total. The predicted molar refractivity (Wildman–Crippen MR) is 83.0 cm³/mol. The minimum Gasteiger partial charge on any atom is -0.309 e. The van der Waals surface area contributed by atoms with E-state index >= 15 is 0 Å². The summed E-state index contributed by atoms with van der Waals surface area (Å²) >= 11 is 7.00. The number of pyridine rings is 1. The molecule has 0 aliphatic heterocycles. The van der Waals surface area contributed by atoms with Crippen LogP contribution in [0.2, 0.25) is 0 Å². The Morgan fingerprint density at radius 1 is 1.42 bits per heavy atom. The van der Waals surface area contributed by atoms with Crippen LogP contribution in [0.5, 0.6) is 0 Å². The van der Waals surface area contributed by atoms with E-state index in [4.69, 9.17) is 0 Å². The molecule has 6 heteroatoms. The lowest BCUT2D eigenvalue weighted by Gasteiger charge is -2.17. The first-order chi connectivity index (χ1) is 9.10. The first kappa shape index (κ1) is 14.7. The summed E-state index contributed by atoms with van der Waals surface area (Å²) in [5.74, 6) is 0. The van der Waals surface area contributed by atoms with Gasteiger partial charge in [0.25, 0.3) is 0 Å². The van der Waals surface area contributed by atoms with Crippen molar-refractivity contribution < 1.29 is 0 Å². The minimum atomic E-state index is 0.155. The van der Waals surface area contributed by atoms with Gasteiger partial charge in [-0.25, -0.2) is 0 Å². The summed E-state index contributed by atoms with van der Waals surface area (Å²) in [6.45, 7) is 2.99. The zero-order chi connectivity index (χ0) is 13.8. The maximum absolute atomic E-state index is 4.51. The van der Waals surface area contributed by atoms with Gasteiger partial charge < -0.3 is 5.32 Å². The summed E-state index contributed by atoms with van der Waals surface area (Å²) in [7, 11) is 1.93. The molecule has 0 aliphatic rings. The lowest BCUT2D eigenvalue weighted by Crippen LogP contribution is -2.24. The number of nitrogens with zero attached hydrogens (tertiary/aromatic N) is 3. The van der Waals surface area contributed by atoms with Gasteiger partial charge in [0.2, 0.25) is 0 Å². The summed E-state index contributed by atoms with van der Waals surface area (Å²) in [5.41, 5.74) is 2.07. The first-order valence-electron chi connectivity index (χ1n) is 6.13. The molecular weight excluding hydrogens is 372 g/mol. The quantitative estimate of drug-likeness (QED) is 0.856. The van der Waals surface area contributed by atoms with Crippen molar-refractivity contribution in [3.05, 3.63) is 44.9 Å². The Bertz CT molecular complexity index is 553. The number of nitrogens with one attached hydrogen (secondary N) is 1. The van der Waals surface area contributed by atoms with E-state index in [1.807, 2.05) is 36.3 Å². The summed E-state index contributed by atoms with van der Waals surface area (Å²) in [5, 5.41) is 7.89. The Labute approximate surface area is 129 Å². The second kappa shape index (κ2) is 6.63. The molecule has 0 fully saturated rings. The molecule has 1 N–H and O–H groups in total. The zero-order valence-electron chi connectivity index (χ0n) is 10.9. The van der Waals surface area contributed by atoms with Gasteiger partial charge in [0.15, 0.2) is 0 Å². The largest absolute Gasteiger partial charge is 0.309 e. The summed E-state index contributed by atoms with van der Waals surface area (Å²) in [6.07, 6.45) is 4.60. The molecule has 0 saturated heterocycles. The maximum atomic E-state index is 4.51. The van der Waals surface area contributed by atoms with Crippen molar-refractivity contribution in [2.45, 2.75) is 19.4 Å². The van der Waals surface area contributed by atoms with Crippen molar-refractivity contribution in [1.29, 1.82) is 0 Å². The standard InChI is InChI=1S/C13H16Br2N4/c1-3-16-12(7-10-4-5-19(2)18-10)13-11(15)6-9(14)8-17-13/h4-6,8,12,16H,3,7H2,1-2H3. The molecule has 0 radical (unpaired) electrons. The van der Waals surface area contributed by atoms with Crippen molar-refractivity contribution in [2.75, 3.05) is 6.54 Å². The fourth-order valence-electron chi connectivity index (χ4n) is 1.97. The van der Waals surface area contributed by atoms with Crippen LogP contribution >= 0.6 is 31.9 Å². The highest BCUT2D eigenvalue weighted by atomic mass is 79.9. The van der Waals surface area contributed by atoms with E-state index in [1.54, 1.807) is 0 Å². The third kappa shape index (κ3) is 3.87. The van der Waals surface area contributed by atoms with Crippen LogP contribution in [0, 0.1) is 0 Å². The molecule has 0 amide bonds. The fourth-order valence-corrected chi connectivity index (χ4v) is 3.24. The van der Waals surface area contributed by atoms with Crippen molar-refractivity contribution in [1.82, 2.24) is 20.1 Å². The number of hydrogen-bond donors (Lipinski definition) is 1. The Morgan fingerprint density at radius 2 is 2.21 bits per heavy atom. The highest BCUT2D eigenvalue weighted by Gasteiger charge is 2.17. The number of likely N-dealkylation sites (N-methyl/N-ethyl adjacent to an activating group) is 1. The van der Waals surface area contributed by atoms with Gasteiger partial charge in [0, 0.05) is 34.8 Å². The monoisotopic (exact) mass is 386 g/mol. The Morgan fingerprint density at radius 3 is 2.79 bits per heavy atom. The third-order valence-corrected chi connectivity index (χ3v) is 3.87. The lowest BCUT2D eigenvalue weighted by atomic mass is 10.1. The van der Waals surface area contributed by atoms with Gasteiger partial charge in [0.05, 0.1) is 17.4 Å². The third-order valence-electron chi connectivity index (χ3n) is 2.80. The van der Waals surface area contributed by atoms with Crippen molar-refractivity contribution in [3.63, 3.8) is 0 Å². The molecule has 1 atom stereocenters. The topological polar surface area (TPSA) is 42.7 Å². The highest BCUT2D eigenvalue weighted by Crippen LogP contribution is 2.26. The zero-order valence-corrected chi connectivity index (χ0v) is 14.1. The average molecular weight is 388 g/mol. The Kier molecular flexibility index (Phi) is 5.13. The molecule has 19 heavy (non-hydrogen) atoms. The van der Waals surface area contributed by atoms with E-state index < -0.39 is 0 Å². The van der Waals surface area contributed by atoms with Gasteiger partial charge in [-0.1, -0.05) is 6.92 Å². The molecule has 2 rings (SSSR count). The SMILES string of the molecule is CCNC(Cc1ccn(C)n1)c1ncc(Br)cc1Br. The fraction of sp³-hybridized carbons (Fsp3) is 0.385. The number of rotatable bonds is 5. The van der Waals surface area contributed by atoms with Gasteiger partial charge in [-0.15, -0.1) is 0 Å². The van der Waals surface area contributed by atoms with Crippen LogP contribution in [0.15, 0.2) is 33.5 Å². The minimum absolute atomic E-state index is 0.155. The van der Waals surface area contributed by atoms with Gasteiger partial charge >= 0.3 is 0 Å². The molecule has 0 spiro atoms. The van der Waals surface area contributed by atoms with E-state index in [1.165, 1.54) is 0 Å². The molecule has 0 saturated carbocycles. The molecule has 1 unspecified atom stereocenters. The number of aromatic nitrogens is 3. The molecular formula is C13H16Br2N4. The van der Waals surface area contributed by atoms with Crippen LogP contribution in [-0.4, -0.2) is 21.3 Å². The van der Waals surface area contributed by atoms with Gasteiger partial charge in [-0.2, -0.15) is 5.10 Å². The van der Waals surface area contributed by atoms with Crippen molar-refractivity contribution >= 4 is 31.9 Å². The van der Waals surface area contributed by atoms with Crippen LogP contribution < -0.4 is 5.32 Å². The van der Waals surface area contributed by atoms with E-state index in [0.29, 0.717) is 0 Å². The van der Waals surface area contributed by atoms with Crippen LogP contribution in [-0.2, 0) is 13.5 Å². The smallest absolute Gasteiger partial charge is 0.0719 e. The lowest BCUT2D eigenvalue weighted by molar-refractivity contribution is 0.525. The highest BCUT2D eigenvalue weighted by molar-refractivity contribution is 9.11. The van der Waals surface area contributed by atoms with Crippen LogP contribution in [0.4, 0.5) is 0 Å². The van der Waals surface area contributed by atoms with Crippen LogP contribution in [0.1, 0.15) is 24.4 Å². The molecule has 2 aromatic heterocycles. The average Bonchev–Trinajstić information content (AvgIpc) is 2.74. The van der Waals surface area contributed by atoms with E-state index in [0.717, 1.165) is 33.3 Å². The molecule has 0 aliphatic carbocycles. The molecule has 2 heterocycles. The van der Waals surface area contributed by atoms with E-state index in [9.17, 15) is 0 Å². The van der Waals surface area contributed by atoms with Crippen molar-refractivity contribution in [2.24, 2.45) is 7.05 Å². The van der Waals surface area contributed by atoms with Gasteiger partial charge in [-0.3, -0.25) is 9.67 Å². The molecule has 0 bridgehead atoms. The summed E-state index contributed by atoms with van der Waals surface area (Å²) in [4.78, 5) is 4.51. The normalized spacial score (nSPS) is 12.6. The van der Waals surface area contributed by atoms with Crippen LogP contribution in [0.25, 0.3) is 0 Å². The number of hydrogen-bond acceptors (Lipinski definition) is 3. The maximum Gasteiger partial charge on any atom is 0.0719 e. The Hall–Kier alpha value is -0.720. The first-order valence-corrected chi connectivity index (χ1v) is 7.71. The van der Waals surface area contributed by atoms with E-state index in [2.05, 4.69) is 54.2 Å². The van der Waals surface area contributed by atoms with Crippen LogP contribution in [0.3, 0.4) is 0 Å². The predicted octanol–water partition coefficient (Wildman–Crippen LogP) is 3.23. The van der Waals surface area contributed by atoms with Gasteiger partial charge in [0.1, 0.15) is 0 Å². The number of aryl methyl sites for hydroxylation is 1. The summed E-state index contributed by atoms with van der Waals surface area (Å²) in [6, 6.07) is 4.21. The Balaban J connectivity index is 2.23. The van der Waals surface area contributed by atoms with Gasteiger partial charge in [-0.05, 0) is 50.5 Å². The second-order valence-electron chi connectivity index (χ2n) is 4.32. The second-order valence-corrected chi connectivity index (χ2v) is 6.09. The molecule has 2 aromatic rings. The molecule has 102 valence electrons. The molecule has 0 aromatic carbocycles.